The second-order valence-electron chi connectivity index (χ2n) is 10.9. The van der Waals surface area contributed by atoms with Crippen molar-refractivity contribution in [2.24, 2.45) is 17.3 Å². The van der Waals surface area contributed by atoms with Crippen molar-refractivity contribution in [3.63, 3.8) is 0 Å². The summed E-state index contributed by atoms with van der Waals surface area (Å²) in [6.07, 6.45) is 8.77. The van der Waals surface area contributed by atoms with E-state index in [1.807, 2.05) is 6.07 Å². The van der Waals surface area contributed by atoms with Gasteiger partial charge in [0, 0.05) is 0 Å². The number of aryl methyl sites for hydroxylation is 1. The lowest BCUT2D eigenvalue weighted by atomic mass is 9.53. The highest BCUT2D eigenvalue weighted by Crippen LogP contribution is 2.65. The lowest BCUT2D eigenvalue weighted by Gasteiger charge is -2.53. The summed E-state index contributed by atoms with van der Waals surface area (Å²) >= 11 is 0. The van der Waals surface area contributed by atoms with Crippen LogP contribution in [0.4, 0.5) is 0 Å². The van der Waals surface area contributed by atoms with Crippen molar-refractivity contribution < 1.29 is 14.7 Å². The number of hydrogen-bond donors (Lipinski definition) is 1. The van der Waals surface area contributed by atoms with Gasteiger partial charge in [-0.2, -0.15) is 0 Å². The van der Waals surface area contributed by atoms with E-state index in [-0.39, 0.29) is 23.6 Å². The van der Waals surface area contributed by atoms with Crippen molar-refractivity contribution in [2.75, 3.05) is 26.7 Å². The van der Waals surface area contributed by atoms with E-state index in [1.54, 1.807) is 6.07 Å². The first kappa shape index (κ1) is 23.9. The molecule has 1 aromatic rings. The fourth-order valence-corrected chi connectivity index (χ4v) is 7.37. The second kappa shape index (κ2) is 8.64. The molecule has 4 rings (SSSR count). The zero-order chi connectivity index (χ0) is 20.9. The molecule has 3 unspecified atom stereocenters. The number of nitrogens with zero attached hydrogens (tertiary/aromatic N) is 1. The number of quaternary nitrogens is 1. The number of benzene rings is 1. The number of rotatable bonds is 6. The minimum absolute atomic E-state index is 0. The Morgan fingerprint density at radius 1 is 1.13 bits per heavy atom. The molecule has 1 aromatic carbocycles. The van der Waals surface area contributed by atoms with Gasteiger partial charge in [0.15, 0.2) is 0 Å². The van der Waals surface area contributed by atoms with Crippen LogP contribution in [0.2, 0.25) is 0 Å². The minimum atomic E-state index is -0.492. The van der Waals surface area contributed by atoms with Gasteiger partial charge in [-0.1, -0.05) is 25.1 Å². The molecule has 0 heterocycles. The highest BCUT2D eigenvalue weighted by atomic mass is 35.5. The zero-order valence-corrected chi connectivity index (χ0v) is 20.3. The molecule has 0 spiro atoms. The van der Waals surface area contributed by atoms with Crippen LogP contribution in [-0.4, -0.2) is 41.9 Å². The summed E-state index contributed by atoms with van der Waals surface area (Å²) < 4.78 is 1.11. The van der Waals surface area contributed by atoms with Gasteiger partial charge in [-0.05, 0) is 99.5 Å². The Morgan fingerprint density at radius 3 is 2.57 bits per heavy atom. The summed E-state index contributed by atoms with van der Waals surface area (Å²) in [5.41, 5.74) is 2.31. The van der Waals surface area contributed by atoms with Crippen molar-refractivity contribution in [3.05, 3.63) is 29.3 Å². The number of halogens is 1. The van der Waals surface area contributed by atoms with Crippen LogP contribution in [0.5, 0.6) is 5.75 Å². The molecule has 2 saturated carbocycles. The van der Waals surface area contributed by atoms with Crippen LogP contribution in [0.15, 0.2) is 18.2 Å². The highest BCUT2D eigenvalue weighted by Gasteiger charge is 2.61. The molecule has 170 valence electrons. The van der Waals surface area contributed by atoms with E-state index in [0.29, 0.717) is 17.8 Å². The quantitative estimate of drug-likeness (QED) is 0.636. The van der Waals surface area contributed by atoms with Gasteiger partial charge >= 0.3 is 0 Å². The van der Waals surface area contributed by atoms with Crippen molar-refractivity contribution in [1.29, 1.82) is 0 Å². The van der Waals surface area contributed by atoms with E-state index in [2.05, 4.69) is 33.9 Å². The average molecular weight is 436 g/mol. The Bertz CT molecular complexity index is 749. The number of hydrogen-bond acceptors (Lipinski definition) is 2. The first-order valence-electron chi connectivity index (χ1n) is 12.1. The predicted octanol–water partition coefficient (Wildman–Crippen LogP) is 5.04. The third-order valence-corrected chi connectivity index (χ3v) is 9.83. The van der Waals surface area contributed by atoms with Crippen LogP contribution in [0.25, 0.3) is 0 Å². The van der Waals surface area contributed by atoms with Crippen LogP contribution in [0.1, 0.15) is 82.8 Å². The van der Waals surface area contributed by atoms with Crippen LogP contribution in [0, 0.1) is 17.3 Å². The summed E-state index contributed by atoms with van der Waals surface area (Å²) in [6.45, 7) is 10.5. The normalized spacial score (nSPS) is 35.2. The zero-order valence-electron chi connectivity index (χ0n) is 19.5. The van der Waals surface area contributed by atoms with E-state index in [1.165, 1.54) is 50.0 Å². The standard InChI is InChI=1S/C26H41NO2.ClH/c1-5-27(4,6-2)17-7-14-26(29)16-13-24-23-10-8-19-18-20(28)9-11-21(19)22(23)12-15-25(24,26)3;/h9,11,18,22-24,29H,5-8,10,12-17H2,1-4H3;1H/t22?,23?,24?,25-,26-;/m0./s1. The van der Waals surface area contributed by atoms with Crippen molar-refractivity contribution in [1.82, 2.24) is 0 Å². The molecular weight excluding hydrogens is 394 g/mol. The van der Waals surface area contributed by atoms with Crippen LogP contribution in [-0.2, 0) is 6.42 Å². The number of aliphatic hydroxyl groups is 1. The Morgan fingerprint density at radius 2 is 1.87 bits per heavy atom. The molecule has 4 heteroatoms. The lowest BCUT2D eigenvalue weighted by Crippen LogP contribution is -2.51. The molecule has 0 saturated heterocycles. The van der Waals surface area contributed by atoms with Gasteiger partial charge in [0.2, 0.25) is 0 Å². The molecule has 0 aliphatic heterocycles. The van der Waals surface area contributed by atoms with Gasteiger partial charge in [0.1, 0.15) is 0 Å². The van der Waals surface area contributed by atoms with E-state index in [9.17, 15) is 10.2 Å². The molecular formula is C26H42ClNO2. The molecule has 3 nitrogen and oxygen atoms in total. The molecule has 3 aliphatic rings. The molecule has 0 aromatic heterocycles. The number of fused-ring (bicyclic) bond motifs is 5. The molecule has 5 atom stereocenters. The smallest absolute Gasteiger partial charge is 0.0785 e. The van der Waals surface area contributed by atoms with E-state index in [4.69, 9.17) is 0 Å². The van der Waals surface area contributed by atoms with Crippen molar-refractivity contribution >= 4 is 12.4 Å². The van der Waals surface area contributed by atoms with Gasteiger partial charge < -0.3 is 14.7 Å². The van der Waals surface area contributed by atoms with Gasteiger partial charge in [-0.25, -0.2) is 0 Å². The Hall–Kier alpha value is -0.770. The fourth-order valence-electron chi connectivity index (χ4n) is 7.37. The van der Waals surface area contributed by atoms with Gasteiger partial charge in [0.05, 0.1) is 32.3 Å². The van der Waals surface area contributed by atoms with E-state index >= 15 is 0 Å². The molecule has 1 N–H and O–H groups in total. The van der Waals surface area contributed by atoms with E-state index in [0.717, 1.165) is 36.6 Å². The molecule has 0 bridgehead atoms. The topological polar surface area (TPSA) is 43.3 Å². The highest BCUT2D eigenvalue weighted by molar-refractivity contribution is 5.85. The largest absolute Gasteiger partial charge is 0.872 e. The molecule has 0 radical (unpaired) electrons. The first-order valence-corrected chi connectivity index (χ1v) is 12.1. The summed E-state index contributed by atoms with van der Waals surface area (Å²) in [5.74, 6) is 2.06. The van der Waals surface area contributed by atoms with Crippen LogP contribution < -0.4 is 5.11 Å². The maximum atomic E-state index is 11.9. The molecule has 3 aliphatic carbocycles. The summed E-state index contributed by atoms with van der Waals surface area (Å²) in [4.78, 5) is 0. The third kappa shape index (κ3) is 3.80. The lowest BCUT2D eigenvalue weighted by molar-refractivity contribution is -0.906. The molecule has 2 fully saturated rings. The van der Waals surface area contributed by atoms with E-state index < -0.39 is 5.60 Å². The summed E-state index contributed by atoms with van der Waals surface area (Å²) in [5, 5.41) is 23.7. The van der Waals surface area contributed by atoms with Gasteiger partial charge in [-0.3, -0.25) is 0 Å². The fraction of sp³-hybridized carbons (Fsp3) is 0.769. The van der Waals surface area contributed by atoms with Gasteiger partial charge in [0.25, 0.3) is 0 Å². The summed E-state index contributed by atoms with van der Waals surface area (Å²) in [7, 11) is 2.35. The second-order valence-corrected chi connectivity index (χ2v) is 10.9. The van der Waals surface area contributed by atoms with Crippen molar-refractivity contribution in [3.8, 4) is 5.75 Å². The SMILES string of the molecule is CC[N+](C)(CC)CCC[C@]1(O)CCC2C3CCc4cc([O-])ccc4C3CC[C@@]21C.Cl. The van der Waals surface area contributed by atoms with Crippen LogP contribution in [0.3, 0.4) is 0 Å². The maximum absolute atomic E-state index is 11.9. The summed E-state index contributed by atoms with van der Waals surface area (Å²) in [6, 6.07) is 5.75. The molecule has 0 amide bonds. The monoisotopic (exact) mass is 435 g/mol. The Kier molecular flexibility index (Phi) is 6.88. The average Bonchev–Trinajstić information content (AvgIpc) is 2.98. The van der Waals surface area contributed by atoms with Crippen molar-refractivity contribution in [2.45, 2.75) is 83.7 Å². The third-order valence-electron chi connectivity index (χ3n) is 9.83. The predicted molar refractivity (Wildman–Crippen MR) is 124 cm³/mol. The Balaban J connectivity index is 0.00000256. The minimum Gasteiger partial charge on any atom is -0.872 e. The van der Waals surface area contributed by atoms with Gasteiger partial charge in [-0.15, -0.1) is 18.2 Å². The molecule has 30 heavy (non-hydrogen) atoms. The first-order chi connectivity index (χ1) is 13.8. The Labute approximate surface area is 189 Å². The van der Waals surface area contributed by atoms with Crippen LogP contribution >= 0.6 is 12.4 Å². The maximum Gasteiger partial charge on any atom is 0.0785 e.